The molecule has 410 valence electrons. The number of ether oxygens (including phenoxy) is 2. The van der Waals surface area contributed by atoms with Crippen molar-refractivity contribution in [3.63, 3.8) is 0 Å². The summed E-state index contributed by atoms with van der Waals surface area (Å²) in [6.07, 6.45) is 47.4. The Bertz CT molecular complexity index is 1340. The van der Waals surface area contributed by atoms with Gasteiger partial charge in [0.1, 0.15) is 42.7 Å². The monoisotopic (exact) mass is 1010 g/mol. The first-order chi connectivity index (χ1) is 34.0. The third-order valence-corrected chi connectivity index (χ3v) is 14.2. The summed E-state index contributed by atoms with van der Waals surface area (Å²) in [6.45, 7) is 4.26. The molecule has 0 radical (unpaired) electrons. The van der Waals surface area contributed by atoms with Crippen LogP contribution in [0.1, 0.15) is 245 Å². The summed E-state index contributed by atoms with van der Waals surface area (Å²) < 4.78 is 34.4. The number of esters is 1. The fraction of sp³-hybridized carbons (Fsp3) is 0.842. The smallest absolute Gasteiger partial charge is 0.457 e. The Morgan fingerprint density at radius 1 is 0.457 bits per heavy atom. The van der Waals surface area contributed by atoms with Crippen molar-refractivity contribution in [2.24, 2.45) is 0 Å². The van der Waals surface area contributed by atoms with E-state index in [1.54, 1.807) is 0 Å². The highest BCUT2D eigenvalue weighted by atomic mass is 31.2. The van der Waals surface area contributed by atoms with Crippen LogP contribution in [0.25, 0.3) is 0 Å². The van der Waals surface area contributed by atoms with E-state index in [1.165, 1.54) is 154 Å². The number of carbonyl (C=O) groups is 1. The van der Waals surface area contributed by atoms with Gasteiger partial charge in [0, 0.05) is 13.0 Å². The Hall–Kier alpha value is -1.70. The Kier molecular flexibility index (Phi) is 44.6. The summed E-state index contributed by atoms with van der Waals surface area (Å²) in [5, 5.41) is 50.4. The van der Waals surface area contributed by atoms with Gasteiger partial charge in [-0.1, -0.05) is 210 Å². The molecule has 12 nitrogen and oxygen atoms in total. The number of phosphoric acid groups is 1. The van der Waals surface area contributed by atoms with Crippen LogP contribution >= 0.6 is 7.82 Å². The van der Waals surface area contributed by atoms with E-state index in [0.29, 0.717) is 13.0 Å². The number of carbonyl (C=O) groups excluding carboxylic acids is 1. The van der Waals surface area contributed by atoms with Gasteiger partial charge in [0.2, 0.25) is 0 Å². The summed E-state index contributed by atoms with van der Waals surface area (Å²) in [4.78, 5) is 23.3. The van der Waals surface area contributed by atoms with Crippen LogP contribution < -0.4 is 0 Å². The minimum absolute atomic E-state index is 0.0841. The summed E-state index contributed by atoms with van der Waals surface area (Å²) >= 11 is 0. The van der Waals surface area contributed by atoms with E-state index in [4.69, 9.17) is 18.5 Å². The van der Waals surface area contributed by atoms with E-state index in [2.05, 4.69) is 62.5 Å². The van der Waals surface area contributed by atoms with Crippen LogP contribution in [0.5, 0.6) is 0 Å². The predicted molar refractivity (Wildman–Crippen MR) is 286 cm³/mol. The van der Waals surface area contributed by atoms with Crippen molar-refractivity contribution in [1.82, 2.24) is 0 Å². The van der Waals surface area contributed by atoms with Crippen LogP contribution in [0.2, 0.25) is 0 Å². The van der Waals surface area contributed by atoms with Crippen LogP contribution in [0, 0.1) is 0 Å². The first-order valence-electron chi connectivity index (χ1n) is 28.5. The highest BCUT2D eigenvalue weighted by Gasteiger charge is 2.51. The van der Waals surface area contributed by atoms with Crippen molar-refractivity contribution in [3.05, 3.63) is 48.6 Å². The van der Waals surface area contributed by atoms with Gasteiger partial charge in [0.15, 0.2) is 0 Å². The lowest BCUT2D eigenvalue weighted by atomic mass is 9.85. The number of hydrogen-bond donors (Lipinski definition) is 6. The molecule has 70 heavy (non-hydrogen) atoms. The van der Waals surface area contributed by atoms with Gasteiger partial charge in [-0.05, 0) is 77.0 Å². The molecule has 0 amide bonds. The zero-order chi connectivity index (χ0) is 51.2. The average Bonchev–Trinajstić information content (AvgIpc) is 3.35. The minimum atomic E-state index is -5.03. The first-order valence-corrected chi connectivity index (χ1v) is 30.0. The molecule has 6 N–H and O–H groups in total. The second-order valence-electron chi connectivity index (χ2n) is 19.8. The molecule has 1 aliphatic rings. The van der Waals surface area contributed by atoms with Crippen LogP contribution in [0.15, 0.2) is 48.6 Å². The predicted octanol–water partition coefficient (Wildman–Crippen LogP) is 13.5. The molecule has 0 aromatic heterocycles. The third kappa shape index (κ3) is 38.0. The van der Waals surface area contributed by atoms with Gasteiger partial charge in [-0.15, -0.1) is 0 Å². The van der Waals surface area contributed by atoms with E-state index >= 15 is 0 Å². The number of unbranched alkanes of at least 4 members (excludes halogenated alkanes) is 29. The highest BCUT2D eigenvalue weighted by Crippen LogP contribution is 2.47. The van der Waals surface area contributed by atoms with Crippen LogP contribution in [-0.4, -0.2) is 98.9 Å². The second kappa shape index (κ2) is 47.0. The van der Waals surface area contributed by atoms with E-state index < -0.39 is 63.1 Å². The van der Waals surface area contributed by atoms with Gasteiger partial charge in [-0.2, -0.15) is 0 Å². The summed E-state index contributed by atoms with van der Waals surface area (Å²) in [5.41, 5.74) is 0. The van der Waals surface area contributed by atoms with Crippen LogP contribution in [-0.2, 0) is 27.9 Å². The molecule has 1 fully saturated rings. The molecule has 6 atom stereocenters. The van der Waals surface area contributed by atoms with Gasteiger partial charge >= 0.3 is 13.8 Å². The zero-order valence-electron chi connectivity index (χ0n) is 44.3. The molecule has 1 aliphatic carbocycles. The molecule has 0 aromatic carbocycles. The van der Waals surface area contributed by atoms with Gasteiger partial charge in [0.05, 0.1) is 13.2 Å². The molecule has 6 unspecified atom stereocenters. The number of aliphatic hydroxyl groups is 5. The Labute approximate surface area is 426 Å². The molecule has 0 saturated heterocycles. The molecular formula is C57H105O12P. The lowest BCUT2D eigenvalue weighted by Gasteiger charge is -2.41. The van der Waals surface area contributed by atoms with Crippen molar-refractivity contribution in [3.8, 4) is 0 Å². The lowest BCUT2D eigenvalue weighted by Crippen LogP contribution is -2.64. The third-order valence-electron chi connectivity index (χ3n) is 13.2. The molecule has 0 bridgehead atoms. The van der Waals surface area contributed by atoms with Gasteiger partial charge in [-0.25, -0.2) is 4.57 Å². The van der Waals surface area contributed by atoms with E-state index in [0.717, 1.165) is 64.2 Å². The van der Waals surface area contributed by atoms with Gasteiger partial charge < -0.3 is 39.9 Å². The Morgan fingerprint density at radius 2 is 0.800 bits per heavy atom. The first kappa shape index (κ1) is 66.3. The molecule has 0 spiro atoms. The Balaban J connectivity index is 2.31. The number of phosphoric ester groups is 1. The van der Waals surface area contributed by atoms with Gasteiger partial charge in [0.25, 0.3) is 0 Å². The quantitative estimate of drug-likeness (QED) is 0.0146. The summed E-state index contributed by atoms with van der Waals surface area (Å²) in [5.74, 6) is -0.481. The average molecular weight is 1010 g/mol. The molecule has 1 saturated carbocycles. The zero-order valence-corrected chi connectivity index (χ0v) is 45.2. The van der Waals surface area contributed by atoms with Crippen molar-refractivity contribution in [2.75, 3.05) is 19.8 Å². The minimum Gasteiger partial charge on any atom is -0.457 e. The maximum atomic E-state index is 12.9. The molecule has 0 aliphatic heterocycles. The van der Waals surface area contributed by atoms with E-state index in [1.807, 2.05) is 0 Å². The molecule has 1 rings (SSSR count). The van der Waals surface area contributed by atoms with Crippen molar-refractivity contribution >= 4 is 13.8 Å². The highest BCUT2D eigenvalue weighted by molar-refractivity contribution is 7.47. The fourth-order valence-corrected chi connectivity index (χ4v) is 9.63. The van der Waals surface area contributed by atoms with Crippen LogP contribution in [0.3, 0.4) is 0 Å². The number of hydrogen-bond acceptors (Lipinski definition) is 11. The molecular weight excluding hydrogens is 908 g/mol. The van der Waals surface area contributed by atoms with Crippen molar-refractivity contribution in [1.29, 1.82) is 0 Å². The van der Waals surface area contributed by atoms with E-state index in [9.17, 15) is 39.8 Å². The standard InChI is InChI=1S/C57H105O12P/c1-3-5-7-9-11-13-15-17-19-21-23-25-27-29-31-33-35-37-39-41-43-45-47-66-48-50(49-67-70(64,65)69-57-55(62)53(60)52(59)54(61)56(57)63)68-51(58)46-44-42-40-38-36-34-32-30-28-26-24-22-20-18-16-14-12-10-8-6-4-2/h15,17,21-24,27,29,50,52-57,59-63H,3-14,16,18-20,25-26,28,30-49H2,1-2H3,(H,64,65)/b17-15-,23-21-,24-22-,29-27-. The topological polar surface area (TPSA) is 192 Å². The van der Waals surface area contributed by atoms with Crippen LogP contribution in [0.4, 0.5) is 0 Å². The SMILES string of the molecule is CCCCCCC/C=C\C/C=C\C/C=C\CCCCCCCCCOCC(COP(=O)(O)OC1C(O)C(O)C(O)C(O)C1O)OC(=O)CCCCCCCCCCC/C=C\CCCCCCCCCC. The van der Waals surface area contributed by atoms with Gasteiger partial charge in [-0.3, -0.25) is 13.8 Å². The molecule has 13 heteroatoms. The van der Waals surface area contributed by atoms with Crippen molar-refractivity contribution < 1.29 is 58.3 Å². The Morgan fingerprint density at radius 3 is 1.23 bits per heavy atom. The number of aliphatic hydroxyl groups excluding tert-OH is 5. The van der Waals surface area contributed by atoms with E-state index in [-0.39, 0.29) is 13.0 Å². The fourth-order valence-electron chi connectivity index (χ4n) is 8.65. The van der Waals surface area contributed by atoms with Crippen molar-refractivity contribution in [2.45, 2.75) is 288 Å². The lowest BCUT2D eigenvalue weighted by molar-refractivity contribution is -0.220. The summed E-state index contributed by atoms with van der Waals surface area (Å²) in [7, 11) is -5.03. The number of rotatable bonds is 49. The normalized spacial score (nSPS) is 21.2. The molecule has 0 heterocycles. The second-order valence-corrected chi connectivity index (χ2v) is 21.2. The summed E-state index contributed by atoms with van der Waals surface area (Å²) in [6, 6.07) is 0. The number of allylic oxidation sites excluding steroid dienone is 8. The maximum absolute atomic E-state index is 12.9. The maximum Gasteiger partial charge on any atom is 0.472 e. The largest absolute Gasteiger partial charge is 0.472 e. The molecule has 0 aromatic rings.